The maximum atomic E-state index is 12.0. The Morgan fingerprint density at radius 2 is 2.05 bits per heavy atom. The highest BCUT2D eigenvalue weighted by Crippen LogP contribution is 2.19. The van der Waals surface area contributed by atoms with Gasteiger partial charge in [-0.15, -0.1) is 4.83 Å². The van der Waals surface area contributed by atoms with Crippen LogP contribution in [0.1, 0.15) is 5.69 Å². The number of thiazole rings is 1. The van der Waals surface area contributed by atoms with Gasteiger partial charge in [-0.25, -0.2) is 8.42 Å². The summed E-state index contributed by atoms with van der Waals surface area (Å²) in [4.78, 5) is 24.7. The van der Waals surface area contributed by atoms with Crippen molar-refractivity contribution in [2.24, 2.45) is 0 Å². The minimum absolute atomic E-state index is 0.0362. The van der Waals surface area contributed by atoms with Crippen LogP contribution in [-0.4, -0.2) is 18.9 Å². The van der Waals surface area contributed by atoms with Gasteiger partial charge in [0.05, 0.1) is 5.02 Å². The van der Waals surface area contributed by atoms with E-state index in [9.17, 15) is 18.0 Å². The summed E-state index contributed by atoms with van der Waals surface area (Å²) >= 11 is 6.77. The van der Waals surface area contributed by atoms with Gasteiger partial charge in [0.25, 0.3) is 15.9 Å². The van der Waals surface area contributed by atoms with Gasteiger partial charge < -0.3 is 0 Å². The molecule has 7 nitrogen and oxygen atoms in total. The first-order valence-electron chi connectivity index (χ1n) is 6.01. The number of rotatable bonds is 5. The van der Waals surface area contributed by atoms with Gasteiger partial charge in [0.15, 0.2) is 0 Å². The van der Waals surface area contributed by atoms with Gasteiger partial charge in [-0.05, 0) is 19.1 Å². The molecule has 1 heterocycles. The van der Waals surface area contributed by atoms with Gasteiger partial charge in [0.1, 0.15) is 11.4 Å². The molecule has 0 fully saturated rings. The molecule has 22 heavy (non-hydrogen) atoms. The number of hydrogen-bond donors (Lipinski definition) is 2. The molecule has 0 saturated carbocycles. The second kappa shape index (κ2) is 6.61. The van der Waals surface area contributed by atoms with Crippen molar-refractivity contribution in [3.63, 3.8) is 0 Å². The van der Waals surface area contributed by atoms with Gasteiger partial charge in [0.2, 0.25) is 0 Å². The average Bonchev–Trinajstić information content (AvgIpc) is 2.77. The zero-order valence-corrected chi connectivity index (χ0v) is 13.8. The van der Waals surface area contributed by atoms with E-state index in [0.717, 1.165) is 11.3 Å². The van der Waals surface area contributed by atoms with Crippen LogP contribution in [0.2, 0.25) is 5.02 Å². The molecule has 0 aliphatic heterocycles. The highest BCUT2D eigenvalue weighted by molar-refractivity contribution is 7.89. The molecule has 2 aromatic rings. The normalized spacial score (nSPS) is 11.4. The first-order chi connectivity index (χ1) is 10.3. The zero-order chi connectivity index (χ0) is 16.3. The fourth-order valence-corrected chi connectivity index (χ4v) is 3.74. The number of halogens is 1. The Morgan fingerprint density at radius 3 is 2.64 bits per heavy atom. The summed E-state index contributed by atoms with van der Waals surface area (Å²) < 4.78 is 25.3. The van der Waals surface area contributed by atoms with Crippen molar-refractivity contribution >= 4 is 38.9 Å². The SMILES string of the molecule is Cc1csc(=O)n1CC(=O)NNS(=O)(=O)c1ccccc1Cl. The van der Waals surface area contributed by atoms with E-state index in [1.54, 1.807) is 18.4 Å². The fourth-order valence-electron chi connectivity index (χ4n) is 1.62. The van der Waals surface area contributed by atoms with Gasteiger partial charge in [-0.3, -0.25) is 19.6 Å². The van der Waals surface area contributed by atoms with Crippen molar-refractivity contribution in [1.29, 1.82) is 0 Å². The molecule has 0 aliphatic rings. The molecule has 1 amide bonds. The number of sulfonamides is 1. The Hall–Kier alpha value is -1.68. The fraction of sp³-hybridized carbons (Fsp3) is 0.167. The molecular weight excluding hydrogens is 350 g/mol. The molecule has 2 rings (SSSR count). The Bertz CT molecular complexity index is 857. The summed E-state index contributed by atoms with van der Waals surface area (Å²) in [6.07, 6.45) is 0. The number of amides is 1. The van der Waals surface area contributed by atoms with Crippen LogP contribution in [-0.2, 0) is 21.4 Å². The summed E-state index contributed by atoms with van der Waals surface area (Å²) in [5.41, 5.74) is 2.67. The summed E-state index contributed by atoms with van der Waals surface area (Å²) in [5.74, 6) is -0.667. The van der Waals surface area contributed by atoms with E-state index in [4.69, 9.17) is 11.6 Å². The summed E-state index contributed by atoms with van der Waals surface area (Å²) in [7, 11) is -3.98. The monoisotopic (exact) mass is 361 g/mol. The molecule has 0 atom stereocenters. The van der Waals surface area contributed by atoms with Crippen molar-refractivity contribution in [3.8, 4) is 0 Å². The molecule has 0 saturated heterocycles. The summed E-state index contributed by atoms with van der Waals surface area (Å²) in [5, 5.41) is 1.65. The quantitative estimate of drug-likeness (QED) is 0.772. The average molecular weight is 362 g/mol. The lowest BCUT2D eigenvalue weighted by Crippen LogP contribution is -2.43. The first-order valence-corrected chi connectivity index (χ1v) is 8.75. The molecule has 118 valence electrons. The van der Waals surface area contributed by atoms with E-state index in [-0.39, 0.29) is 21.3 Å². The Kier molecular flexibility index (Phi) is 5.01. The molecule has 0 spiro atoms. The zero-order valence-electron chi connectivity index (χ0n) is 11.4. The Labute approximate surface area is 135 Å². The van der Waals surface area contributed by atoms with Gasteiger partial charge in [-0.1, -0.05) is 35.1 Å². The topological polar surface area (TPSA) is 97.3 Å². The van der Waals surface area contributed by atoms with Crippen LogP contribution in [0.25, 0.3) is 0 Å². The lowest BCUT2D eigenvalue weighted by atomic mass is 10.4. The molecule has 0 unspecified atom stereocenters. The van der Waals surface area contributed by atoms with E-state index >= 15 is 0 Å². The summed E-state index contributed by atoms with van der Waals surface area (Å²) in [6, 6.07) is 5.83. The smallest absolute Gasteiger partial charge is 0.294 e. The number of aryl methyl sites for hydroxylation is 1. The number of carbonyl (C=O) groups is 1. The largest absolute Gasteiger partial charge is 0.307 e. The van der Waals surface area contributed by atoms with Crippen molar-refractivity contribution in [2.75, 3.05) is 0 Å². The van der Waals surface area contributed by atoms with E-state index < -0.39 is 15.9 Å². The van der Waals surface area contributed by atoms with Crippen LogP contribution in [0, 0.1) is 6.92 Å². The number of benzene rings is 1. The van der Waals surface area contributed by atoms with Crippen LogP contribution in [0.15, 0.2) is 39.3 Å². The van der Waals surface area contributed by atoms with Crippen LogP contribution in [0.4, 0.5) is 0 Å². The van der Waals surface area contributed by atoms with Crippen LogP contribution in [0.3, 0.4) is 0 Å². The number of hydrazine groups is 1. The van der Waals surface area contributed by atoms with Crippen LogP contribution >= 0.6 is 22.9 Å². The minimum atomic E-state index is -3.98. The number of nitrogens with zero attached hydrogens (tertiary/aromatic N) is 1. The number of nitrogens with one attached hydrogen (secondary N) is 2. The number of hydrogen-bond acceptors (Lipinski definition) is 5. The van der Waals surface area contributed by atoms with Crippen molar-refractivity contribution in [3.05, 3.63) is 50.0 Å². The predicted octanol–water partition coefficient (Wildman–Crippen LogP) is 0.881. The molecule has 10 heteroatoms. The Morgan fingerprint density at radius 1 is 1.36 bits per heavy atom. The molecule has 0 aliphatic carbocycles. The molecule has 1 aromatic heterocycles. The maximum absolute atomic E-state index is 12.0. The van der Waals surface area contributed by atoms with E-state index in [2.05, 4.69) is 5.43 Å². The van der Waals surface area contributed by atoms with Crippen LogP contribution in [0.5, 0.6) is 0 Å². The van der Waals surface area contributed by atoms with Crippen molar-refractivity contribution < 1.29 is 13.2 Å². The van der Waals surface area contributed by atoms with Gasteiger partial charge in [-0.2, -0.15) is 0 Å². The highest BCUT2D eigenvalue weighted by atomic mass is 35.5. The minimum Gasteiger partial charge on any atom is -0.294 e. The lowest BCUT2D eigenvalue weighted by molar-refractivity contribution is -0.122. The molecule has 1 aromatic carbocycles. The third-order valence-electron chi connectivity index (χ3n) is 2.73. The lowest BCUT2D eigenvalue weighted by Gasteiger charge is -2.10. The van der Waals surface area contributed by atoms with Gasteiger partial charge >= 0.3 is 4.87 Å². The third kappa shape index (κ3) is 3.74. The van der Waals surface area contributed by atoms with Crippen molar-refractivity contribution in [2.45, 2.75) is 18.4 Å². The predicted molar refractivity (Wildman–Crippen MR) is 83.2 cm³/mol. The Balaban J connectivity index is 2.05. The molecular formula is C12H12ClN3O4S2. The maximum Gasteiger partial charge on any atom is 0.307 e. The van der Waals surface area contributed by atoms with E-state index in [0.29, 0.717) is 5.69 Å². The number of carbonyl (C=O) groups excluding carboxylic acids is 1. The molecule has 0 bridgehead atoms. The highest BCUT2D eigenvalue weighted by Gasteiger charge is 2.18. The second-order valence-corrected chi connectivity index (χ2v) is 7.19. The molecule has 0 radical (unpaired) electrons. The first kappa shape index (κ1) is 16.7. The molecule has 2 N–H and O–H groups in total. The number of aromatic nitrogens is 1. The van der Waals surface area contributed by atoms with Crippen LogP contribution < -0.4 is 15.1 Å². The third-order valence-corrected chi connectivity index (χ3v) is 5.36. The standard InChI is InChI=1S/C12H12ClN3O4S2/c1-8-7-21-12(18)16(8)6-11(17)14-15-22(19,20)10-5-3-2-4-9(10)13/h2-5,7,15H,6H2,1H3,(H,14,17). The second-order valence-electron chi connectivity index (χ2n) is 4.31. The van der Waals surface area contributed by atoms with E-state index in [1.165, 1.54) is 22.8 Å². The van der Waals surface area contributed by atoms with Crippen molar-refractivity contribution in [1.82, 2.24) is 14.8 Å². The van der Waals surface area contributed by atoms with E-state index in [1.807, 2.05) is 4.83 Å². The van der Waals surface area contributed by atoms with Gasteiger partial charge in [0, 0.05) is 11.1 Å². The summed E-state index contributed by atoms with van der Waals surface area (Å²) in [6.45, 7) is 1.40.